The van der Waals surface area contributed by atoms with E-state index >= 15 is 0 Å². The Kier molecular flexibility index (Phi) is 6.37. The van der Waals surface area contributed by atoms with Gasteiger partial charge >= 0.3 is 5.97 Å². The van der Waals surface area contributed by atoms with Crippen LogP contribution in [0.4, 0.5) is 0 Å². The molecule has 6 rings (SSSR count). The van der Waals surface area contributed by atoms with Crippen LogP contribution in [0.1, 0.15) is 39.4 Å². The Labute approximate surface area is 234 Å². The number of nitrogens with one attached hydrogen (secondary N) is 1. The van der Waals surface area contributed by atoms with Gasteiger partial charge in [0.2, 0.25) is 5.78 Å². The van der Waals surface area contributed by atoms with E-state index in [1.54, 1.807) is 55.7 Å². The molecule has 0 radical (unpaired) electrons. The third-order valence-corrected chi connectivity index (χ3v) is 7.26. The molecule has 2 aliphatic heterocycles. The number of rotatable bonds is 6. The summed E-state index contributed by atoms with van der Waals surface area (Å²) in [5.74, 6) is 0.891. The number of methoxy groups -OCH3 is 4. The predicted octanol–water partition coefficient (Wildman–Crippen LogP) is 4.62. The lowest BCUT2D eigenvalue weighted by Crippen LogP contribution is -2.26. The molecule has 3 aromatic carbocycles. The van der Waals surface area contributed by atoms with Crippen molar-refractivity contribution in [2.24, 2.45) is 0 Å². The van der Waals surface area contributed by atoms with Crippen LogP contribution in [-0.4, -0.2) is 45.2 Å². The van der Waals surface area contributed by atoms with Gasteiger partial charge < -0.3 is 33.4 Å². The van der Waals surface area contributed by atoms with Crippen molar-refractivity contribution in [2.75, 3.05) is 28.4 Å². The lowest BCUT2D eigenvalue weighted by molar-refractivity contribution is -0.135. The highest BCUT2D eigenvalue weighted by Gasteiger charge is 2.39. The zero-order chi connectivity index (χ0) is 28.8. The largest absolute Gasteiger partial charge is 0.497 e. The van der Waals surface area contributed by atoms with E-state index in [-0.39, 0.29) is 35.0 Å². The number of benzene rings is 3. The van der Waals surface area contributed by atoms with Gasteiger partial charge in [-0.2, -0.15) is 0 Å². The minimum Gasteiger partial charge on any atom is -0.497 e. The Morgan fingerprint density at radius 3 is 2.32 bits per heavy atom. The summed E-state index contributed by atoms with van der Waals surface area (Å²) >= 11 is 0. The van der Waals surface area contributed by atoms with Gasteiger partial charge in [0, 0.05) is 34.7 Å². The molecule has 208 valence electrons. The summed E-state index contributed by atoms with van der Waals surface area (Å²) in [6, 6.07) is 13.5. The Bertz CT molecular complexity index is 1840. The van der Waals surface area contributed by atoms with Crippen LogP contribution < -0.4 is 34.0 Å². The maximum Gasteiger partial charge on any atom is 0.312 e. The minimum absolute atomic E-state index is 0.0362. The second kappa shape index (κ2) is 10.1. The van der Waals surface area contributed by atoms with E-state index in [9.17, 15) is 14.4 Å². The molecule has 10 heteroatoms. The number of pyridine rings is 1. The standard InChI is InChI=1S/C31H25NO9/c1-36-17-6-5-15-9-20(31(35)32-21(15)12-17)19-13-27(33)40-22-8-7-18-29(34)26(41-30(18)28(19)22)11-16-10-24(38-3)25(39-4)14-23(16)37-2/h5-12,14,19H,13H2,1-4H3,(H,32,35)/b26-11-/t19-/m0/s1. The van der Waals surface area contributed by atoms with Crippen LogP contribution in [0.15, 0.2) is 59.1 Å². The van der Waals surface area contributed by atoms with Gasteiger partial charge in [-0.3, -0.25) is 14.4 Å². The third-order valence-electron chi connectivity index (χ3n) is 7.26. The number of hydrogen-bond acceptors (Lipinski definition) is 9. The van der Waals surface area contributed by atoms with Crippen LogP contribution in [0.3, 0.4) is 0 Å². The number of aromatic nitrogens is 1. The van der Waals surface area contributed by atoms with E-state index in [2.05, 4.69) is 4.98 Å². The maximum atomic E-state index is 13.5. The minimum atomic E-state index is -0.709. The van der Waals surface area contributed by atoms with Crippen molar-refractivity contribution in [1.82, 2.24) is 4.98 Å². The number of carbonyl (C=O) groups is 2. The van der Waals surface area contributed by atoms with E-state index in [1.807, 2.05) is 6.07 Å². The van der Waals surface area contributed by atoms with Crippen molar-refractivity contribution in [1.29, 1.82) is 0 Å². The summed E-state index contributed by atoms with van der Waals surface area (Å²) in [5, 5.41) is 0.756. The van der Waals surface area contributed by atoms with Crippen molar-refractivity contribution >= 4 is 28.7 Å². The predicted molar refractivity (Wildman–Crippen MR) is 149 cm³/mol. The number of ether oxygens (including phenoxy) is 6. The number of hydrogen-bond donors (Lipinski definition) is 1. The molecular formula is C31H25NO9. The van der Waals surface area contributed by atoms with E-state index < -0.39 is 11.9 Å². The monoisotopic (exact) mass is 555 g/mol. The second-order valence-corrected chi connectivity index (χ2v) is 9.48. The maximum absolute atomic E-state index is 13.5. The van der Waals surface area contributed by atoms with Gasteiger partial charge in [0.25, 0.3) is 5.56 Å². The van der Waals surface area contributed by atoms with Crippen LogP contribution in [-0.2, 0) is 4.79 Å². The van der Waals surface area contributed by atoms with Crippen molar-refractivity contribution in [3.05, 3.63) is 86.9 Å². The topological polar surface area (TPSA) is 122 Å². The lowest BCUT2D eigenvalue weighted by atomic mass is 9.85. The molecule has 0 amide bonds. The highest BCUT2D eigenvalue weighted by atomic mass is 16.5. The number of aromatic amines is 1. The van der Waals surface area contributed by atoms with Gasteiger partial charge in [0.1, 0.15) is 23.0 Å². The van der Waals surface area contributed by atoms with Crippen LogP contribution >= 0.6 is 0 Å². The van der Waals surface area contributed by atoms with E-state index in [4.69, 9.17) is 28.4 Å². The molecule has 3 heterocycles. The zero-order valence-electron chi connectivity index (χ0n) is 22.7. The molecule has 1 N–H and O–H groups in total. The smallest absolute Gasteiger partial charge is 0.312 e. The SMILES string of the molecule is COc1ccc2cc([C@@H]3CC(=O)Oc4ccc5c(c43)O/C(=C\c3cc(OC)c(OC)cc3OC)C5=O)c(=O)[nH]c2c1. The zero-order valence-corrected chi connectivity index (χ0v) is 22.7. The Hall–Kier alpha value is -5.25. The Morgan fingerprint density at radius 1 is 0.829 bits per heavy atom. The van der Waals surface area contributed by atoms with Gasteiger partial charge in [0.15, 0.2) is 17.3 Å². The number of allylic oxidation sites excluding steroid dienone is 1. The third kappa shape index (κ3) is 4.33. The molecule has 0 aliphatic carbocycles. The molecular weight excluding hydrogens is 530 g/mol. The fourth-order valence-corrected chi connectivity index (χ4v) is 5.26. The van der Waals surface area contributed by atoms with Gasteiger partial charge in [-0.05, 0) is 47.9 Å². The molecule has 10 nitrogen and oxygen atoms in total. The first kappa shape index (κ1) is 26.0. The quantitative estimate of drug-likeness (QED) is 0.206. The van der Waals surface area contributed by atoms with Crippen LogP contribution in [0.2, 0.25) is 0 Å². The molecule has 0 saturated carbocycles. The molecule has 1 atom stereocenters. The number of esters is 1. The first-order valence-electron chi connectivity index (χ1n) is 12.7. The summed E-state index contributed by atoms with van der Waals surface area (Å²) in [6.45, 7) is 0. The Morgan fingerprint density at radius 2 is 1.59 bits per heavy atom. The fourth-order valence-electron chi connectivity index (χ4n) is 5.26. The Balaban J connectivity index is 1.47. The van der Waals surface area contributed by atoms with E-state index in [0.29, 0.717) is 50.8 Å². The highest BCUT2D eigenvalue weighted by Crippen LogP contribution is 2.49. The van der Waals surface area contributed by atoms with Gasteiger partial charge in [-0.1, -0.05) is 0 Å². The van der Waals surface area contributed by atoms with E-state index in [0.717, 1.165) is 5.39 Å². The molecule has 1 aromatic heterocycles. The average molecular weight is 556 g/mol. The second-order valence-electron chi connectivity index (χ2n) is 9.48. The number of H-pyrrole nitrogens is 1. The molecule has 0 bridgehead atoms. The highest BCUT2D eigenvalue weighted by molar-refractivity contribution is 6.15. The summed E-state index contributed by atoms with van der Waals surface area (Å²) in [4.78, 5) is 42.3. The van der Waals surface area contributed by atoms with Gasteiger partial charge in [0.05, 0.1) is 45.9 Å². The molecule has 0 unspecified atom stereocenters. The number of carbonyl (C=O) groups excluding carboxylic acids is 2. The van der Waals surface area contributed by atoms with Crippen LogP contribution in [0.5, 0.6) is 34.5 Å². The molecule has 4 aromatic rings. The van der Waals surface area contributed by atoms with Crippen molar-refractivity contribution in [3.8, 4) is 34.5 Å². The number of Topliss-reactive ketones (excluding diaryl/α,β-unsaturated/α-hetero) is 1. The summed E-state index contributed by atoms with van der Waals surface area (Å²) in [7, 11) is 6.07. The first-order chi connectivity index (χ1) is 19.8. The fraction of sp³-hybridized carbons (Fsp3) is 0.194. The van der Waals surface area contributed by atoms with Gasteiger partial charge in [-0.25, -0.2) is 0 Å². The van der Waals surface area contributed by atoms with Crippen LogP contribution in [0.25, 0.3) is 17.0 Å². The van der Waals surface area contributed by atoms with Gasteiger partial charge in [-0.15, -0.1) is 0 Å². The molecule has 0 spiro atoms. The van der Waals surface area contributed by atoms with Crippen molar-refractivity contribution in [2.45, 2.75) is 12.3 Å². The average Bonchev–Trinajstić information content (AvgIpc) is 3.30. The summed E-state index contributed by atoms with van der Waals surface area (Å²) in [6.07, 6.45) is 1.45. The summed E-state index contributed by atoms with van der Waals surface area (Å²) < 4.78 is 33.2. The first-order valence-corrected chi connectivity index (χ1v) is 12.7. The molecule has 0 saturated heterocycles. The number of ketones is 1. The number of fused-ring (bicyclic) bond motifs is 4. The van der Waals surface area contributed by atoms with E-state index in [1.165, 1.54) is 21.3 Å². The van der Waals surface area contributed by atoms with Crippen LogP contribution in [0, 0.1) is 0 Å². The lowest BCUT2D eigenvalue weighted by Gasteiger charge is -2.26. The normalized spacial score (nSPS) is 16.6. The molecule has 2 aliphatic rings. The molecule has 0 fully saturated rings. The van der Waals surface area contributed by atoms with Crippen molar-refractivity contribution < 1.29 is 38.0 Å². The molecule has 41 heavy (non-hydrogen) atoms. The summed E-state index contributed by atoms with van der Waals surface area (Å²) in [5.41, 5.74) is 1.85. The van der Waals surface area contributed by atoms with Crippen molar-refractivity contribution in [3.63, 3.8) is 0 Å².